The highest BCUT2D eigenvalue weighted by Crippen LogP contribution is 2.23. The van der Waals surface area contributed by atoms with E-state index in [1.54, 1.807) is 18.2 Å². The van der Waals surface area contributed by atoms with E-state index < -0.39 is 26.9 Å². The third-order valence-corrected chi connectivity index (χ3v) is 6.02. The normalized spacial score (nSPS) is 12.4. The monoisotopic (exact) mass is 413 g/mol. The molecule has 0 unspecified atom stereocenters. The Morgan fingerprint density at radius 1 is 1.03 bits per heavy atom. The third kappa shape index (κ3) is 4.58. The van der Waals surface area contributed by atoms with E-state index in [9.17, 15) is 23.3 Å². The highest BCUT2D eigenvalue weighted by Gasteiger charge is 2.26. The molecular weight excluding hydrogens is 394 g/mol. The first-order valence-corrected chi connectivity index (χ1v) is 10.2. The van der Waals surface area contributed by atoms with Crippen LogP contribution in [0.1, 0.15) is 5.56 Å². The van der Waals surface area contributed by atoms with Gasteiger partial charge in [0.15, 0.2) is 0 Å². The van der Waals surface area contributed by atoms with Gasteiger partial charge in [0.25, 0.3) is 5.69 Å². The van der Waals surface area contributed by atoms with Gasteiger partial charge in [-0.15, -0.1) is 0 Å². The molecule has 3 aromatic rings. The average Bonchev–Trinajstić information content (AvgIpc) is 2.72. The number of carbonyl (C=O) groups is 1. The summed E-state index contributed by atoms with van der Waals surface area (Å²) in [6.07, 6.45) is 0.0433. The van der Waals surface area contributed by atoms with Gasteiger partial charge in [-0.1, -0.05) is 48.5 Å². The van der Waals surface area contributed by atoms with Crippen LogP contribution < -0.4 is 10.0 Å². The number of hydrogen-bond donors (Lipinski definition) is 2. The van der Waals surface area contributed by atoms with E-state index in [1.807, 2.05) is 18.2 Å². The molecule has 0 saturated carbocycles. The molecule has 3 rings (SSSR count). The Morgan fingerprint density at radius 2 is 1.69 bits per heavy atom. The molecule has 0 aromatic heterocycles. The summed E-state index contributed by atoms with van der Waals surface area (Å²) in [6, 6.07) is 16.6. The summed E-state index contributed by atoms with van der Waals surface area (Å²) >= 11 is 0. The van der Waals surface area contributed by atoms with Crippen LogP contribution in [0.25, 0.3) is 10.8 Å². The summed E-state index contributed by atoms with van der Waals surface area (Å²) < 4.78 is 28.5. The summed E-state index contributed by atoms with van der Waals surface area (Å²) in [6.45, 7) is 0. The zero-order valence-electron chi connectivity index (χ0n) is 15.5. The van der Waals surface area contributed by atoms with E-state index >= 15 is 0 Å². The van der Waals surface area contributed by atoms with Gasteiger partial charge in [0.1, 0.15) is 6.04 Å². The van der Waals surface area contributed by atoms with Gasteiger partial charge < -0.3 is 5.32 Å². The summed E-state index contributed by atoms with van der Waals surface area (Å²) in [5.41, 5.74) is 0.506. The molecule has 0 heterocycles. The smallest absolute Gasteiger partial charge is 0.269 e. The molecule has 0 bridgehead atoms. The fourth-order valence-electron chi connectivity index (χ4n) is 3.03. The van der Waals surface area contributed by atoms with Crippen molar-refractivity contribution in [1.82, 2.24) is 10.0 Å². The second kappa shape index (κ2) is 8.38. The summed E-state index contributed by atoms with van der Waals surface area (Å²) in [7, 11) is -2.59. The van der Waals surface area contributed by atoms with E-state index in [0.717, 1.165) is 5.39 Å². The second-order valence-electron chi connectivity index (χ2n) is 6.39. The molecule has 0 fully saturated rings. The van der Waals surface area contributed by atoms with E-state index in [2.05, 4.69) is 10.0 Å². The third-order valence-electron chi connectivity index (χ3n) is 4.49. The Hall–Kier alpha value is -3.30. The number of nitro benzene ring substituents is 1. The Kier molecular flexibility index (Phi) is 5.90. The Balaban J connectivity index is 1.91. The van der Waals surface area contributed by atoms with Crippen LogP contribution in [-0.4, -0.2) is 32.3 Å². The number of sulfonamides is 1. The maximum atomic E-state index is 13.0. The van der Waals surface area contributed by atoms with Crippen molar-refractivity contribution in [2.45, 2.75) is 17.4 Å². The number of hydrogen-bond acceptors (Lipinski definition) is 5. The summed E-state index contributed by atoms with van der Waals surface area (Å²) in [5, 5.41) is 14.6. The molecule has 150 valence electrons. The van der Waals surface area contributed by atoms with Crippen molar-refractivity contribution in [3.05, 3.63) is 82.4 Å². The average molecular weight is 413 g/mol. The van der Waals surface area contributed by atoms with Gasteiger partial charge in [0, 0.05) is 24.6 Å². The molecule has 9 heteroatoms. The van der Waals surface area contributed by atoms with Crippen molar-refractivity contribution in [2.24, 2.45) is 0 Å². The molecule has 0 spiro atoms. The van der Waals surface area contributed by atoms with E-state index in [-0.39, 0.29) is 17.0 Å². The van der Waals surface area contributed by atoms with Gasteiger partial charge in [-0.2, -0.15) is 4.72 Å². The molecule has 8 nitrogen and oxygen atoms in total. The van der Waals surface area contributed by atoms with Gasteiger partial charge in [-0.05, 0) is 23.4 Å². The largest absolute Gasteiger partial charge is 0.358 e. The van der Waals surface area contributed by atoms with Gasteiger partial charge in [-0.3, -0.25) is 14.9 Å². The summed E-state index contributed by atoms with van der Waals surface area (Å²) in [4.78, 5) is 22.7. The van der Waals surface area contributed by atoms with Crippen molar-refractivity contribution in [3.63, 3.8) is 0 Å². The summed E-state index contributed by atoms with van der Waals surface area (Å²) in [5.74, 6) is -0.507. The Labute approximate surface area is 167 Å². The van der Waals surface area contributed by atoms with Gasteiger partial charge in [0.05, 0.1) is 9.82 Å². The molecule has 1 amide bonds. The maximum Gasteiger partial charge on any atom is 0.269 e. The number of amides is 1. The van der Waals surface area contributed by atoms with Crippen molar-refractivity contribution in [3.8, 4) is 0 Å². The van der Waals surface area contributed by atoms with Crippen LogP contribution in [0.3, 0.4) is 0 Å². The number of nitro groups is 1. The molecular formula is C20H19N3O5S. The van der Waals surface area contributed by atoms with Gasteiger partial charge in [-0.25, -0.2) is 8.42 Å². The Morgan fingerprint density at radius 3 is 2.34 bits per heavy atom. The minimum atomic E-state index is -4.00. The Bertz CT molecular complexity index is 1150. The first kappa shape index (κ1) is 20.4. The topological polar surface area (TPSA) is 118 Å². The molecule has 0 aliphatic heterocycles. The maximum absolute atomic E-state index is 13.0. The molecule has 0 radical (unpaired) electrons. The second-order valence-corrected chi connectivity index (χ2v) is 8.08. The van der Waals surface area contributed by atoms with E-state index in [1.165, 1.54) is 37.4 Å². The molecule has 0 aliphatic rings. The highest BCUT2D eigenvalue weighted by molar-refractivity contribution is 7.89. The molecule has 2 N–H and O–H groups in total. The van der Waals surface area contributed by atoms with Crippen LogP contribution in [0.4, 0.5) is 5.69 Å². The van der Waals surface area contributed by atoms with E-state index in [4.69, 9.17) is 0 Å². The zero-order chi connectivity index (χ0) is 21.0. The quantitative estimate of drug-likeness (QED) is 0.455. The lowest BCUT2D eigenvalue weighted by atomic mass is 10.1. The van der Waals surface area contributed by atoms with Crippen LogP contribution in [0, 0.1) is 10.1 Å². The van der Waals surface area contributed by atoms with Gasteiger partial charge in [0.2, 0.25) is 15.9 Å². The van der Waals surface area contributed by atoms with Crippen molar-refractivity contribution in [2.75, 3.05) is 7.05 Å². The van der Waals surface area contributed by atoms with Crippen molar-refractivity contribution in [1.29, 1.82) is 0 Å². The SMILES string of the molecule is CNC(=O)[C@H](Cc1ccc([N+](=O)[O-])cc1)NS(=O)(=O)c1cccc2ccccc12. The predicted molar refractivity (Wildman–Crippen MR) is 109 cm³/mol. The lowest BCUT2D eigenvalue weighted by Gasteiger charge is -2.18. The number of likely N-dealkylation sites (N-methyl/N-ethyl adjacent to an activating group) is 1. The lowest BCUT2D eigenvalue weighted by molar-refractivity contribution is -0.384. The number of rotatable bonds is 7. The minimum Gasteiger partial charge on any atom is -0.358 e. The zero-order valence-corrected chi connectivity index (χ0v) is 16.3. The highest BCUT2D eigenvalue weighted by atomic mass is 32.2. The van der Waals surface area contributed by atoms with Gasteiger partial charge >= 0.3 is 0 Å². The van der Waals surface area contributed by atoms with Crippen molar-refractivity contribution < 1.29 is 18.1 Å². The molecule has 3 aromatic carbocycles. The van der Waals surface area contributed by atoms with Crippen LogP contribution in [0.15, 0.2) is 71.6 Å². The van der Waals surface area contributed by atoms with Crippen LogP contribution in [-0.2, 0) is 21.2 Å². The fraction of sp³-hybridized carbons (Fsp3) is 0.150. The lowest BCUT2D eigenvalue weighted by Crippen LogP contribution is -2.46. The molecule has 29 heavy (non-hydrogen) atoms. The number of benzene rings is 3. The molecule has 1 atom stereocenters. The van der Waals surface area contributed by atoms with Crippen LogP contribution in [0.2, 0.25) is 0 Å². The number of carbonyl (C=O) groups excluding carboxylic acids is 1. The van der Waals surface area contributed by atoms with Crippen molar-refractivity contribution >= 4 is 32.4 Å². The molecule has 0 aliphatic carbocycles. The first-order chi connectivity index (χ1) is 13.8. The minimum absolute atomic E-state index is 0.0433. The van der Waals surface area contributed by atoms with Crippen LogP contribution >= 0.6 is 0 Å². The van der Waals surface area contributed by atoms with Crippen LogP contribution in [0.5, 0.6) is 0 Å². The fourth-order valence-corrected chi connectivity index (χ4v) is 4.46. The van der Waals surface area contributed by atoms with E-state index in [0.29, 0.717) is 10.9 Å². The number of non-ortho nitro benzene ring substituents is 1. The first-order valence-electron chi connectivity index (χ1n) is 8.77. The molecule has 0 saturated heterocycles. The number of nitrogens with one attached hydrogen (secondary N) is 2. The standard InChI is InChI=1S/C20H19N3O5S/c1-21-20(24)18(13-14-9-11-16(12-10-14)23(25)26)22-29(27,28)19-8-4-6-15-5-2-3-7-17(15)19/h2-12,18,22H,13H2,1H3,(H,21,24)/t18-/m0/s1. The number of nitrogens with zero attached hydrogens (tertiary/aromatic N) is 1. The predicted octanol–water partition coefficient (Wildman–Crippen LogP) is 2.38. The number of fused-ring (bicyclic) bond motifs is 1.